The summed E-state index contributed by atoms with van der Waals surface area (Å²) >= 11 is 0. The number of aromatic nitrogens is 1. The maximum atomic E-state index is 4.41. The summed E-state index contributed by atoms with van der Waals surface area (Å²) in [6.45, 7) is 4.33. The van der Waals surface area contributed by atoms with Crippen molar-refractivity contribution in [3.8, 4) is 0 Å². The highest BCUT2D eigenvalue weighted by Crippen LogP contribution is 2.18. The Morgan fingerprint density at radius 2 is 1.71 bits per heavy atom. The van der Waals surface area contributed by atoms with Gasteiger partial charge in [0.1, 0.15) is 0 Å². The van der Waals surface area contributed by atoms with Crippen molar-refractivity contribution in [2.24, 2.45) is 0 Å². The predicted molar refractivity (Wildman–Crippen MR) is 62.6 cm³/mol. The molecule has 0 spiro atoms. The van der Waals surface area contributed by atoms with Gasteiger partial charge in [-0.25, -0.2) is 0 Å². The maximum absolute atomic E-state index is 4.41. The Morgan fingerprint density at radius 3 is 2.36 bits per heavy atom. The van der Waals surface area contributed by atoms with Gasteiger partial charge in [0.2, 0.25) is 0 Å². The lowest BCUT2D eigenvalue weighted by molar-refractivity contribution is 0.826. The van der Waals surface area contributed by atoms with E-state index in [1.165, 1.54) is 16.5 Å². The van der Waals surface area contributed by atoms with E-state index in [1.54, 1.807) is 0 Å². The van der Waals surface area contributed by atoms with Crippen LogP contribution < -0.4 is 0 Å². The molecule has 0 saturated carbocycles. The number of pyridine rings is 1. The monoisotopic (exact) mass is 187 g/mol. The molecule has 0 fully saturated rings. The molecule has 0 bridgehead atoms. The van der Waals surface area contributed by atoms with E-state index in [2.05, 4.69) is 43.1 Å². The first-order valence-electron chi connectivity index (χ1n) is 4.62. The molecule has 0 aliphatic heterocycles. The van der Waals surface area contributed by atoms with Crippen LogP contribution in [0.25, 0.3) is 10.8 Å². The van der Waals surface area contributed by atoms with Crippen LogP contribution in [0.15, 0.2) is 36.5 Å². The van der Waals surface area contributed by atoms with E-state index in [0.29, 0.717) is 5.92 Å². The van der Waals surface area contributed by atoms with Crippen molar-refractivity contribution in [3.63, 3.8) is 0 Å². The van der Waals surface area contributed by atoms with E-state index in [9.17, 15) is 0 Å². The lowest BCUT2D eigenvalue weighted by Gasteiger charge is -2.04. The van der Waals surface area contributed by atoms with E-state index in [0.717, 1.165) is 0 Å². The van der Waals surface area contributed by atoms with Crippen LogP contribution in [0, 0.1) is 0 Å². The number of hydrogen-bond acceptors (Lipinski definition) is 1. The standard InChI is InChI=1S/C12H13N.CH4/c1-9(2)12-7-10-5-3-4-6-11(10)8-13-12;/h3-9H,1-2H3;1H4. The third-order valence-electron chi connectivity index (χ3n) is 2.24. The SMILES string of the molecule is C.CC(C)c1cc2ccccc2cn1. The summed E-state index contributed by atoms with van der Waals surface area (Å²) in [4.78, 5) is 4.41. The number of rotatable bonds is 1. The van der Waals surface area contributed by atoms with Gasteiger partial charge in [-0.3, -0.25) is 4.98 Å². The van der Waals surface area contributed by atoms with E-state index >= 15 is 0 Å². The second-order valence-electron chi connectivity index (χ2n) is 3.61. The van der Waals surface area contributed by atoms with Gasteiger partial charge < -0.3 is 0 Å². The third kappa shape index (κ3) is 1.92. The fraction of sp³-hybridized carbons (Fsp3) is 0.308. The van der Waals surface area contributed by atoms with Crippen LogP contribution in [0.3, 0.4) is 0 Å². The highest BCUT2D eigenvalue weighted by atomic mass is 14.7. The van der Waals surface area contributed by atoms with Crippen molar-refractivity contribution in [2.45, 2.75) is 27.2 Å². The second-order valence-corrected chi connectivity index (χ2v) is 3.61. The van der Waals surface area contributed by atoms with E-state index in [1.807, 2.05) is 12.3 Å². The average molecular weight is 187 g/mol. The van der Waals surface area contributed by atoms with Crippen LogP contribution in [0.1, 0.15) is 32.9 Å². The summed E-state index contributed by atoms with van der Waals surface area (Å²) in [5.74, 6) is 0.504. The molecule has 2 rings (SSSR count). The van der Waals surface area contributed by atoms with Crippen LogP contribution in [0.5, 0.6) is 0 Å². The zero-order chi connectivity index (χ0) is 9.26. The molecule has 1 aromatic heterocycles. The molecular formula is C13H17N. The third-order valence-corrected chi connectivity index (χ3v) is 2.24. The van der Waals surface area contributed by atoms with Crippen molar-refractivity contribution < 1.29 is 0 Å². The highest BCUT2D eigenvalue weighted by Gasteiger charge is 2.00. The molecule has 14 heavy (non-hydrogen) atoms. The molecule has 1 heterocycles. The Hall–Kier alpha value is -1.37. The normalized spacial score (nSPS) is 10.2. The van der Waals surface area contributed by atoms with Crippen molar-refractivity contribution in [2.75, 3.05) is 0 Å². The van der Waals surface area contributed by atoms with Crippen molar-refractivity contribution in [1.29, 1.82) is 0 Å². The summed E-state index contributed by atoms with van der Waals surface area (Å²) in [5, 5.41) is 2.49. The van der Waals surface area contributed by atoms with E-state index < -0.39 is 0 Å². The minimum atomic E-state index is 0. The van der Waals surface area contributed by atoms with Crippen molar-refractivity contribution >= 4 is 10.8 Å². The zero-order valence-corrected chi connectivity index (χ0v) is 7.99. The minimum Gasteiger partial charge on any atom is -0.260 e. The topological polar surface area (TPSA) is 12.9 Å². The van der Waals surface area contributed by atoms with Gasteiger partial charge in [-0.2, -0.15) is 0 Å². The predicted octanol–water partition coefficient (Wildman–Crippen LogP) is 3.99. The van der Waals surface area contributed by atoms with E-state index in [-0.39, 0.29) is 7.43 Å². The smallest absolute Gasteiger partial charge is 0.0435 e. The van der Waals surface area contributed by atoms with Crippen LogP contribution >= 0.6 is 0 Å². The molecular weight excluding hydrogens is 170 g/mol. The van der Waals surface area contributed by atoms with Gasteiger partial charge in [0.05, 0.1) is 0 Å². The van der Waals surface area contributed by atoms with Gasteiger partial charge in [0, 0.05) is 17.3 Å². The van der Waals surface area contributed by atoms with Crippen LogP contribution in [0.2, 0.25) is 0 Å². The summed E-state index contributed by atoms with van der Waals surface area (Å²) in [7, 11) is 0. The van der Waals surface area contributed by atoms with Crippen LogP contribution in [-0.4, -0.2) is 4.98 Å². The second kappa shape index (κ2) is 4.23. The number of benzene rings is 1. The van der Waals surface area contributed by atoms with E-state index in [4.69, 9.17) is 0 Å². The highest BCUT2D eigenvalue weighted by molar-refractivity contribution is 5.81. The van der Waals surface area contributed by atoms with Gasteiger partial charge in [-0.15, -0.1) is 0 Å². The maximum Gasteiger partial charge on any atom is 0.0435 e. The van der Waals surface area contributed by atoms with Gasteiger partial charge >= 0.3 is 0 Å². The first-order valence-corrected chi connectivity index (χ1v) is 4.62. The molecule has 0 aliphatic rings. The fourth-order valence-electron chi connectivity index (χ4n) is 1.42. The molecule has 0 radical (unpaired) electrons. The van der Waals surface area contributed by atoms with Gasteiger partial charge in [0.15, 0.2) is 0 Å². The van der Waals surface area contributed by atoms with Crippen molar-refractivity contribution in [3.05, 3.63) is 42.2 Å². The summed E-state index contributed by atoms with van der Waals surface area (Å²) < 4.78 is 0. The largest absolute Gasteiger partial charge is 0.260 e. The van der Waals surface area contributed by atoms with Crippen LogP contribution in [-0.2, 0) is 0 Å². The average Bonchev–Trinajstić information content (AvgIpc) is 2.17. The Labute approximate surface area is 85.8 Å². The Morgan fingerprint density at radius 1 is 1.07 bits per heavy atom. The number of hydrogen-bond donors (Lipinski definition) is 0. The van der Waals surface area contributed by atoms with Gasteiger partial charge in [0.25, 0.3) is 0 Å². The lowest BCUT2D eigenvalue weighted by Crippen LogP contribution is -1.91. The number of nitrogens with zero attached hydrogens (tertiary/aromatic N) is 1. The molecule has 74 valence electrons. The molecule has 0 amide bonds. The van der Waals surface area contributed by atoms with Gasteiger partial charge in [-0.05, 0) is 17.4 Å². The lowest BCUT2D eigenvalue weighted by atomic mass is 10.1. The first kappa shape index (κ1) is 10.7. The molecule has 1 heteroatoms. The van der Waals surface area contributed by atoms with Crippen molar-refractivity contribution in [1.82, 2.24) is 4.98 Å². The Kier molecular flexibility index (Phi) is 3.23. The summed E-state index contributed by atoms with van der Waals surface area (Å²) in [6, 6.07) is 10.5. The van der Waals surface area contributed by atoms with Crippen LogP contribution in [0.4, 0.5) is 0 Å². The number of fused-ring (bicyclic) bond motifs is 1. The Balaban J connectivity index is 0.000000980. The molecule has 1 nitrogen and oxygen atoms in total. The molecule has 0 saturated heterocycles. The first-order chi connectivity index (χ1) is 6.27. The van der Waals surface area contributed by atoms with Gasteiger partial charge in [-0.1, -0.05) is 45.5 Å². The minimum absolute atomic E-state index is 0. The summed E-state index contributed by atoms with van der Waals surface area (Å²) in [5.41, 5.74) is 1.17. The summed E-state index contributed by atoms with van der Waals surface area (Å²) in [6.07, 6.45) is 1.95. The zero-order valence-electron chi connectivity index (χ0n) is 7.99. The quantitative estimate of drug-likeness (QED) is 0.657. The molecule has 0 unspecified atom stereocenters. The fourth-order valence-corrected chi connectivity index (χ4v) is 1.42. The molecule has 0 N–H and O–H groups in total. The molecule has 2 aromatic rings. The molecule has 0 atom stereocenters. The molecule has 1 aromatic carbocycles. The Bertz CT molecular complexity index is 418. The molecule has 0 aliphatic carbocycles.